The largest absolute Gasteiger partial charge is 0.496 e. The maximum atomic E-state index is 12.7. The van der Waals surface area contributed by atoms with Crippen LogP contribution < -0.4 is 5.46 Å². The van der Waals surface area contributed by atoms with E-state index in [1.54, 1.807) is 27.7 Å². The highest BCUT2D eigenvalue weighted by atomic mass is 19.3. The van der Waals surface area contributed by atoms with E-state index in [4.69, 9.17) is 13.4 Å². The Bertz CT molecular complexity index is 568. The first-order valence-electron chi connectivity index (χ1n) is 7.09. The van der Waals surface area contributed by atoms with E-state index in [1.807, 2.05) is 0 Å². The van der Waals surface area contributed by atoms with Gasteiger partial charge in [0.05, 0.1) is 15.3 Å². The SMILES string of the molecule is [2H]c1nc(C(F)F)c([2H])c([2H])c1B1OC(C)(C)C(C)(C)O1. The third-order valence-electron chi connectivity index (χ3n) is 3.32. The third-order valence-corrected chi connectivity index (χ3v) is 3.32. The number of hydrogen-bond donors (Lipinski definition) is 0. The van der Waals surface area contributed by atoms with Gasteiger partial charge in [-0.1, -0.05) is 6.04 Å². The van der Waals surface area contributed by atoms with Gasteiger partial charge in [-0.3, -0.25) is 4.98 Å². The quantitative estimate of drug-likeness (QED) is 0.763. The van der Waals surface area contributed by atoms with Gasteiger partial charge in [0.25, 0.3) is 6.43 Å². The molecule has 1 aromatic heterocycles. The van der Waals surface area contributed by atoms with Gasteiger partial charge in [0, 0.05) is 11.6 Å². The standard InChI is InChI=1S/C12H16BF2NO2/c1-11(2)12(3,4)18-13(17-11)8-5-6-9(10(14)15)16-7-8/h5-7,10H,1-4H3/i5D,6D,7D. The molecule has 0 aromatic carbocycles. The summed E-state index contributed by atoms with van der Waals surface area (Å²) in [5.74, 6) is 0. The molecule has 3 nitrogen and oxygen atoms in total. The Labute approximate surface area is 110 Å². The minimum atomic E-state index is -3.00. The molecule has 18 heavy (non-hydrogen) atoms. The van der Waals surface area contributed by atoms with E-state index in [0.717, 1.165) is 0 Å². The van der Waals surface area contributed by atoms with Gasteiger partial charge in [-0.15, -0.1) is 0 Å². The zero-order valence-corrected chi connectivity index (χ0v) is 10.7. The van der Waals surface area contributed by atoms with Crippen LogP contribution >= 0.6 is 0 Å². The molecular weight excluding hydrogens is 239 g/mol. The summed E-state index contributed by atoms with van der Waals surface area (Å²) in [4.78, 5) is 3.42. The van der Waals surface area contributed by atoms with Gasteiger partial charge in [0.15, 0.2) is 0 Å². The van der Waals surface area contributed by atoms with Crippen molar-refractivity contribution in [3.63, 3.8) is 0 Å². The molecule has 0 atom stereocenters. The van der Waals surface area contributed by atoms with Crippen molar-refractivity contribution in [1.29, 1.82) is 0 Å². The lowest BCUT2D eigenvalue weighted by molar-refractivity contribution is 0.00578. The summed E-state index contributed by atoms with van der Waals surface area (Å²) in [6.07, 6.45) is -3.53. The molecule has 0 amide bonds. The van der Waals surface area contributed by atoms with Crippen LogP contribution in [0.2, 0.25) is 0 Å². The summed E-state index contributed by atoms with van der Waals surface area (Å²) in [5, 5.41) is 0. The first-order valence-corrected chi connectivity index (χ1v) is 5.59. The van der Waals surface area contributed by atoms with E-state index in [2.05, 4.69) is 4.98 Å². The predicted molar refractivity (Wildman–Crippen MR) is 64.9 cm³/mol. The number of nitrogens with zero attached hydrogens (tertiary/aromatic N) is 1. The highest BCUT2D eigenvalue weighted by Crippen LogP contribution is 2.36. The lowest BCUT2D eigenvalue weighted by Crippen LogP contribution is -2.41. The van der Waals surface area contributed by atoms with Crippen LogP contribution in [0.25, 0.3) is 0 Å². The summed E-state index contributed by atoms with van der Waals surface area (Å²) in [6.45, 7) is 7.18. The second-order valence-corrected chi connectivity index (χ2v) is 5.16. The smallest absolute Gasteiger partial charge is 0.399 e. The van der Waals surface area contributed by atoms with Crippen molar-refractivity contribution in [2.45, 2.75) is 45.3 Å². The molecule has 2 heterocycles. The minimum absolute atomic E-state index is 0.0944. The van der Waals surface area contributed by atoms with Crippen LogP contribution in [0.5, 0.6) is 0 Å². The summed E-state index contributed by atoms with van der Waals surface area (Å²) >= 11 is 0. The molecule has 0 saturated carbocycles. The second-order valence-electron chi connectivity index (χ2n) is 5.16. The molecule has 1 aliphatic rings. The molecular formula is C12H16BF2NO2. The van der Waals surface area contributed by atoms with Crippen LogP contribution in [-0.4, -0.2) is 23.3 Å². The van der Waals surface area contributed by atoms with Crippen LogP contribution in [0.4, 0.5) is 8.78 Å². The second kappa shape index (κ2) is 4.28. The fourth-order valence-corrected chi connectivity index (χ4v) is 1.48. The number of aromatic nitrogens is 1. The van der Waals surface area contributed by atoms with Crippen LogP contribution in [0, 0.1) is 0 Å². The molecule has 0 radical (unpaired) electrons. The Morgan fingerprint density at radius 2 is 1.78 bits per heavy atom. The fraction of sp³-hybridized carbons (Fsp3) is 0.583. The number of halogens is 2. The topological polar surface area (TPSA) is 31.4 Å². The molecule has 1 fully saturated rings. The van der Waals surface area contributed by atoms with Crippen molar-refractivity contribution in [2.75, 3.05) is 0 Å². The Hall–Kier alpha value is -1.01. The lowest BCUT2D eigenvalue weighted by Gasteiger charge is -2.32. The molecule has 1 aliphatic heterocycles. The van der Waals surface area contributed by atoms with Crippen molar-refractivity contribution in [3.05, 3.63) is 24.0 Å². The number of pyridine rings is 1. The van der Waals surface area contributed by atoms with Crippen molar-refractivity contribution >= 4 is 12.6 Å². The highest BCUT2D eigenvalue weighted by molar-refractivity contribution is 6.62. The molecule has 2 rings (SSSR count). The maximum absolute atomic E-state index is 12.7. The Kier molecular flexibility index (Phi) is 2.34. The zero-order valence-electron chi connectivity index (χ0n) is 13.7. The van der Waals surface area contributed by atoms with Gasteiger partial charge in [-0.25, -0.2) is 8.78 Å². The lowest BCUT2D eigenvalue weighted by atomic mass is 9.80. The number of rotatable bonds is 2. The van der Waals surface area contributed by atoms with Crippen LogP contribution in [0.15, 0.2) is 18.3 Å². The maximum Gasteiger partial charge on any atom is 0.496 e. The van der Waals surface area contributed by atoms with Gasteiger partial charge in [-0.2, -0.15) is 0 Å². The molecule has 6 heteroatoms. The van der Waals surface area contributed by atoms with Gasteiger partial charge in [-0.05, 0) is 33.7 Å². The van der Waals surface area contributed by atoms with Crippen molar-refractivity contribution < 1.29 is 22.2 Å². The predicted octanol–water partition coefficient (Wildman–Crippen LogP) is 2.32. The van der Waals surface area contributed by atoms with Gasteiger partial charge < -0.3 is 9.31 Å². The van der Waals surface area contributed by atoms with Crippen molar-refractivity contribution in [1.82, 2.24) is 4.98 Å². The van der Waals surface area contributed by atoms with E-state index in [1.165, 1.54) is 0 Å². The zero-order chi connectivity index (χ0) is 16.2. The molecule has 98 valence electrons. The fourth-order valence-electron chi connectivity index (χ4n) is 1.48. The van der Waals surface area contributed by atoms with Crippen molar-refractivity contribution in [2.24, 2.45) is 0 Å². The number of alkyl halides is 2. The van der Waals surface area contributed by atoms with Gasteiger partial charge in [0.1, 0.15) is 5.69 Å². The minimum Gasteiger partial charge on any atom is -0.399 e. The van der Waals surface area contributed by atoms with Crippen LogP contribution in [0.3, 0.4) is 0 Å². The average molecular weight is 258 g/mol. The summed E-state index contributed by atoms with van der Waals surface area (Å²) in [7, 11) is -1.07. The van der Waals surface area contributed by atoms with E-state index in [-0.39, 0.29) is 5.46 Å². The number of hydrogen-bond acceptors (Lipinski definition) is 3. The molecule has 0 bridgehead atoms. The first-order chi connectivity index (χ1) is 9.48. The molecule has 0 N–H and O–H groups in total. The first kappa shape index (κ1) is 9.86. The monoisotopic (exact) mass is 258 g/mol. The third kappa shape index (κ3) is 2.27. The highest BCUT2D eigenvalue weighted by Gasteiger charge is 2.51. The summed E-state index contributed by atoms with van der Waals surface area (Å²) in [5.41, 5.74) is -2.35. The Morgan fingerprint density at radius 3 is 2.28 bits per heavy atom. The Morgan fingerprint density at radius 1 is 1.22 bits per heavy atom. The molecule has 0 unspecified atom stereocenters. The van der Waals surface area contributed by atoms with E-state index < -0.39 is 48.7 Å². The van der Waals surface area contributed by atoms with E-state index in [0.29, 0.717) is 0 Å². The molecule has 1 aromatic rings. The summed E-state index contributed by atoms with van der Waals surface area (Å²) in [6, 6.07) is -1.21. The van der Waals surface area contributed by atoms with Crippen LogP contribution in [0.1, 0.15) is 43.9 Å². The molecule has 0 spiro atoms. The normalized spacial score (nSPS) is 23.9. The molecule has 0 aliphatic carbocycles. The molecule has 1 saturated heterocycles. The van der Waals surface area contributed by atoms with Crippen LogP contribution in [-0.2, 0) is 9.31 Å². The van der Waals surface area contributed by atoms with Gasteiger partial charge >= 0.3 is 7.12 Å². The van der Waals surface area contributed by atoms with E-state index in [9.17, 15) is 8.78 Å². The Balaban J connectivity index is 2.50. The van der Waals surface area contributed by atoms with E-state index >= 15 is 0 Å². The van der Waals surface area contributed by atoms with Crippen molar-refractivity contribution in [3.8, 4) is 0 Å². The van der Waals surface area contributed by atoms with Gasteiger partial charge in [0.2, 0.25) is 0 Å². The average Bonchev–Trinajstić information content (AvgIpc) is 2.52. The summed E-state index contributed by atoms with van der Waals surface area (Å²) < 4.78 is 60.1.